The molecule has 0 unspecified atom stereocenters. The van der Waals surface area contributed by atoms with Crippen molar-refractivity contribution >= 4 is 21.4 Å². The number of sulfone groups is 1. The van der Waals surface area contributed by atoms with Gasteiger partial charge in [0.1, 0.15) is 11.5 Å². The fourth-order valence-corrected chi connectivity index (χ4v) is 3.52. The molecule has 0 aliphatic heterocycles. The van der Waals surface area contributed by atoms with Gasteiger partial charge in [-0.05, 0) is 37.3 Å². The van der Waals surface area contributed by atoms with Crippen molar-refractivity contribution < 1.29 is 22.7 Å². The van der Waals surface area contributed by atoms with E-state index in [1.807, 2.05) is 30.3 Å². The minimum atomic E-state index is -3.46. The summed E-state index contributed by atoms with van der Waals surface area (Å²) in [6.07, 6.45) is -0.0770. The molecule has 3 rings (SSSR count). The van der Waals surface area contributed by atoms with Crippen molar-refractivity contribution in [3.63, 3.8) is 0 Å². The number of aromatic hydroxyl groups is 1. The van der Waals surface area contributed by atoms with Crippen LogP contribution in [-0.4, -0.2) is 30.2 Å². The van der Waals surface area contributed by atoms with Crippen molar-refractivity contribution in [3.05, 3.63) is 60.0 Å². The van der Waals surface area contributed by atoms with Gasteiger partial charge in [0, 0.05) is 5.56 Å². The van der Waals surface area contributed by atoms with Crippen LogP contribution in [0.1, 0.15) is 18.4 Å². The van der Waals surface area contributed by atoms with Crippen molar-refractivity contribution in [1.29, 1.82) is 0 Å². The molecule has 0 saturated carbocycles. The Bertz CT molecular complexity index is 1100. The van der Waals surface area contributed by atoms with Crippen molar-refractivity contribution in [1.82, 2.24) is 4.98 Å². The number of phenols is 1. The number of hydrogen-bond donors (Lipinski definition) is 2. The number of benzene rings is 2. The molecule has 0 aliphatic rings. The van der Waals surface area contributed by atoms with E-state index in [2.05, 4.69) is 10.3 Å². The normalized spacial score (nSPS) is 11.4. The number of rotatable bonds is 6. The summed E-state index contributed by atoms with van der Waals surface area (Å²) in [6.45, 7) is 3.24. The lowest BCUT2D eigenvalue weighted by atomic mass is 10.2. The Hall–Kier alpha value is -3.13. The van der Waals surface area contributed by atoms with Gasteiger partial charge < -0.3 is 14.8 Å². The van der Waals surface area contributed by atoms with Gasteiger partial charge in [-0.25, -0.2) is 13.4 Å². The van der Waals surface area contributed by atoms with E-state index >= 15 is 0 Å². The quantitative estimate of drug-likeness (QED) is 0.614. The third-order valence-corrected chi connectivity index (χ3v) is 5.95. The number of nitrogens with one attached hydrogen (secondary N) is 1. The predicted octanol–water partition coefficient (Wildman–Crippen LogP) is 3.33. The fraction of sp³-hybridized carbons (Fsp3) is 0.200. The molecule has 0 bridgehead atoms. The number of aryl methyl sites for hydroxylation is 1. The molecule has 146 valence electrons. The third kappa shape index (κ3) is 4.23. The Labute approximate surface area is 163 Å². The van der Waals surface area contributed by atoms with E-state index in [1.165, 1.54) is 25.1 Å². The Morgan fingerprint density at radius 3 is 2.57 bits per heavy atom. The lowest BCUT2D eigenvalue weighted by Gasteiger charge is -2.09. The van der Waals surface area contributed by atoms with Crippen LogP contribution >= 0.6 is 0 Å². The van der Waals surface area contributed by atoms with E-state index in [9.17, 15) is 18.3 Å². The van der Waals surface area contributed by atoms with E-state index in [-0.39, 0.29) is 28.5 Å². The van der Waals surface area contributed by atoms with Gasteiger partial charge in [0.25, 0.3) is 0 Å². The molecule has 0 fully saturated rings. The van der Waals surface area contributed by atoms with Crippen LogP contribution in [0.5, 0.6) is 5.75 Å². The number of phenolic OH excluding ortho intramolecular Hbond substituents is 1. The zero-order valence-corrected chi connectivity index (χ0v) is 16.3. The number of anilines is 1. The fourth-order valence-electron chi connectivity index (χ4n) is 2.62. The standard InChI is InChI=1S/C20H20N2O5S/c1-3-28(25,26)15-9-10-18(23)17(11-15)21-19(24)12-16-13(2)27-20(22-16)14-7-5-4-6-8-14/h4-11,23H,3,12H2,1-2H3,(H,21,24). The highest BCUT2D eigenvalue weighted by Gasteiger charge is 2.18. The summed E-state index contributed by atoms with van der Waals surface area (Å²) < 4.78 is 29.6. The number of amides is 1. The smallest absolute Gasteiger partial charge is 0.230 e. The number of hydrogen-bond acceptors (Lipinski definition) is 6. The zero-order valence-electron chi connectivity index (χ0n) is 15.5. The molecule has 0 atom stereocenters. The van der Waals surface area contributed by atoms with Crippen molar-refractivity contribution in [2.75, 3.05) is 11.1 Å². The maximum absolute atomic E-state index is 12.4. The van der Waals surface area contributed by atoms with Crippen LogP contribution in [0, 0.1) is 6.92 Å². The van der Waals surface area contributed by atoms with Gasteiger partial charge in [-0.2, -0.15) is 0 Å². The summed E-state index contributed by atoms with van der Waals surface area (Å²) in [5.74, 6) is 0.189. The first-order chi connectivity index (χ1) is 13.3. The summed E-state index contributed by atoms with van der Waals surface area (Å²) >= 11 is 0. The van der Waals surface area contributed by atoms with E-state index in [0.717, 1.165) is 5.56 Å². The summed E-state index contributed by atoms with van der Waals surface area (Å²) in [5.41, 5.74) is 1.30. The molecule has 0 spiro atoms. The van der Waals surface area contributed by atoms with E-state index in [0.29, 0.717) is 17.3 Å². The molecule has 28 heavy (non-hydrogen) atoms. The minimum absolute atomic E-state index is 0.0314. The third-order valence-electron chi connectivity index (χ3n) is 4.22. The highest BCUT2D eigenvalue weighted by molar-refractivity contribution is 7.91. The first-order valence-electron chi connectivity index (χ1n) is 8.67. The average molecular weight is 400 g/mol. The molecule has 8 heteroatoms. The second-order valence-corrected chi connectivity index (χ2v) is 8.47. The topological polar surface area (TPSA) is 110 Å². The van der Waals surface area contributed by atoms with Gasteiger partial charge in [-0.1, -0.05) is 25.1 Å². The summed E-state index contributed by atoms with van der Waals surface area (Å²) in [5, 5.41) is 12.5. The largest absolute Gasteiger partial charge is 0.506 e. The van der Waals surface area contributed by atoms with Crippen LogP contribution in [0.25, 0.3) is 11.5 Å². The molecule has 2 N–H and O–H groups in total. The molecule has 1 aromatic heterocycles. The second-order valence-electron chi connectivity index (χ2n) is 6.20. The number of oxazole rings is 1. The molecule has 0 saturated heterocycles. The summed E-state index contributed by atoms with van der Waals surface area (Å²) in [7, 11) is -3.46. The lowest BCUT2D eigenvalue weighted by molar-refractivity contribution is -0.115. The lowest BCUT2D eigenvalue weighted by Crippen LogP contribution is -2.16. The maximum atomic E-state index is 12.4. The van der Waals surface area contributed by atoms with Crippen LogP contribution in [-0.2, 0) is 21.1 Å². The van der Waals surface area contributed by atoms with Crippen LogP contribution in [0.15, 0.2) is 57.8 Å². The van der Waals surface area contributed by atoms with E-state index < -0.39 is 15.7 Å². The molecule has 0 radical (unpaired) electrons. The van der Waals surface area contributed by atoms with Gasteiger partial charge in [0.05, 0.1) is 28.5 Å². The van der Waals surface area contributed by atoms with Crippen LogP contribution in [0.4, 0.5) is 5.69 Å². The molecule has 7 nitrogen and oxygen atoms in total. The zero-order chi connectivity index (χ0) is 20.3. The first kappa shape index (κ1) is 19.6. The minimum Gasteiger partial charge on any atom is -0.506 e. The van der Waals surface area contributed by atoms with Crippen LogP contribution < -0.4 is 5.32 Å². The van der Waals surface area contributed by atoms with Crippen molar-refractivity contribution in [2.45, 2.75) is 25.2 Å². The van der Waals surface area contributed by atoms with Gasteiger partial charge in [0.15, 0.2) is 9.84 Å². The van der Waals surface area contributed by atoms with Gasteiger partial charge in [-0.15, -0.1) is 0 Å². The van der Waals surface area contributed by atoms with E-state index in [4.69, 9.17) is 4.42 Å². The Kier molecular flexibility index (Phi) is 5.51. The highest BCUT2D eigenvalue weighted by atomic mass is 32.2. The molecule has 2 aromatic carbocycles. The highest BCUT2D eigenvalue weighted by Crippen LogP contribution is 2.27. The van der Waals surface area contributed by atoms with Crippen LogP contribution in [0.3, 0.4) is 0 Å². The summed E-state index contributed by atoms with van der Waals surface area (Å²) in [6, 6.07) is 13.1. The first-order valence-corrected chi connectivity index (χ1v) is 10.3. The molecule has 1 amide bonds. The average Bonchev–Trinajstić information content (AvgIpc) is 3.04. The maximum Gasteiger partial charge on any atom is 0.230 e. The van der Waals surface area contributed by atoms with Crippen LogP contribution in [0.2, 0.25) is 0 Å². The van der Waals surface area contributed by atoms with Crippen molar-refractivity contribution in [2.24, 2.45) is 0 Å². The molecule has 3 aromatic rings. The Morgan fingerprint density at radius 2 is 1.89 bits per heavy atom. The van der Waals surface area contributed by atoms with Gasteiger partial charge >= 0.3 is 0 Å². The summed E-state index contributed by atoms with van der Waals surface area (Å²) in [4.78, 5) is 16.8. The number of carbonyl (C=O) groups is 1. The molecular weight excluding hydrogens is 380 g/mol. The Balaban J connectivity index is 1.78. The monoisotopic (exact) mass is 400 g/mol. The molecule has 1 heterocycles. The number of aromatic nitrogens is 1. The number of carbonyl (C=O) groups excluding carboxylic acids is 1. The van der Waals surface area contributed by atoms with Gasteiger partial charge in [0.2, 0.25) is 11.8 Å². The number of nitrogens with zero attached hydrogens (tertiary/aromatic N) is 1. The molecule has 0 aliphatic carbocycles. The molecular formula is C20H20N2O5S. The Morgan fingerprint density at radius 1 is 1.18 bits per heavy atom. The second kappa shape index (κ2) is 7.85. The van der Waals surface area contributed by atoms with Gasteiger partial charge in [-0.3, -0.25) is 4.79 Å². The van der Waals surface area contributed by atoms with E-state index in [1.54, 1.807) is 6.92 Å². The van der Waals surface area contributed by atoms with Crippen molar-refractivity contribution in [3.8, 4) is 17.2 Å². The predicted molar refractivity (Wildman–Crippen MR) is 105 cm³/mol. The SMILES string of the molecule is CCS(=O)(=O)c1ccc(O)c(NC(=O)Cc2nc(-c3ccccc3)oc2C)c1.